The number of hydrogen-bond donors (Lipinski definition) is 3. The van der Waals surface area contributed by atoms with Gasteiger partial charge in [0.05, 0.1) is 17.1 Å². The van der Waals surface area contributed by atoms with E-state index in [1.165, 1.54) is 17.1 Å². The molecule has 1 aliphatic heterocycles. The molecule has 0 saturated heterocycles. The van der Waals surface area contributed by atoms with Crippen molar-refractivity contribution in [1.29, 1.82) is 0 Å². The van der Waals surface area contributed by atoms with Crippen LogP contribution in [-0.2, 0) is 4.79 Å². The zero-order chi connectivity index (χ0) is 24.4. The summed E-state index contributed by atoms with van der Waals surface area (Å²) in [5.74, 6) is -0.290. The molecular weight excluding hydrogens is 436 g/mol. The second kappa shape index (κ2) is 9.07. The number of phenolic OH excluding ortho intramolecular Hbond substituents is 1. The molecule has 3 aromatic carbocycles. The van der Waals surface area contributed by atoms with Gasteiger partial charge in [0, 0.05) is 5.56 Å². The molecule has 1 heterocycles. The summed E-state index contributed by atoms with van der Waals surface area (Å²) in [7, 11) is 0. The predicted octanol–water partition coefficient (Wildman–Crippen LogP) is 4.92. The van der Waals surface area contributed by atoms with Crippen molar-refractivity contribution in [3.05, 3.63) is 71.8 Å². The topological polar surface area (TPSA) is 124 Å². The van der Waals surface area contributed by atoms with Crippen LogP contribution in [-0.4, -0.2) is 33.7 Å². The SMILES string of the molecule is CC1=NN(c2ccc(C)c(C)c2)C(=O)C1=NNc1cccc(-c2ccc(OC(=O)O)cc2)c1O. The van der Waals surface area contributed by atoms with E-state index >= 15 is 0 Å². The molecule has 0 radical (unpaired) electrons. The maximum Gasteiger partial charge on any atom is 0.511 e. The molecule has 0 bridgehead atoms. The van der Waals surface area contributed by atoms with Crippen LogP contribution in [0.3, 0.4) is 0 Å². The Morgan fingerprint density at radius 3 is 2.44 bits per heavy atom. The van der Waals surface area contributed by atoms with E-state index in [4.69, 9.17) is 5.11 Å². The van der Waals surface area contributed by atoms with E-state index in [-0.39, 0.29) is 23.1 Å². The van der Waals surface area contributed by atoms with Crippen LogP contribution in [0.15, 0.2) is 70.9 Å². The van der Waals surface area contributed by atoms with Crippen molar-refractivity contribution in [3.63, 3.8) is 0 Å². The molecule has 172 valence electrons. The van der Waals surface area contributed by atoms with Crippen molar-refractivity contribution < 1.29 is 24.5 Å². The quantitative estimate of drug-likeness (QED) is 0.216. The number of nitrogens with zero attached hydrogens (tertiary/aromatic N) is 3. The van der Waals surface area contributed by atoms with Gasteiger partial charge in [0.2, 0.25) is 0 Å². The molecule has 4 rings (SSSR count). The summed E-state index contributed by atoms with van der Waals surface area (Å²) < 4.78 is 4.60. The molecule has 0 fully saturated rings. The minimum Gasteiger partial charge on any atom is -0.505 e. The lowest BCUT2D eigenvalue weighted by Crippen LogP contribution is -2.28. The summed E-state index contributed by atoms with van der Waals surface area (Å²) in [4.78, 5) is 23.6. The van der Waals surface area contributed by atoms with Crippen LogP contribution in [0, 0.1) is 13.8 Å². The largest absolute Gasteiger partial charge is 0.511 e. The molecule has 9 heteroatoms. The van der Waals surface area contributed by atoms with Gasteiger partial charge >= 0.3 is 12.1 Å². The van der Waals surface area contributed by atoms with Gasteiger partial charge in [-0.25, -0.2) is 4.79 Å². The molecule has 0 saturated carbocycles. The van der Waals surface area contributed by atoms with E-state index in [0.717, 1.165) is 11.1 Å². The minimum absolute atomic E-state index is 0.0789. The molecule has 3 aromatic rings. The van der Waals surface area contributed by atoms with Gasteiger partial charge in [-0.05, 0) is 67.8 Å². The number of hydrogen-bond acceptors (Lipinski definition) is 7. The number of carbonyl (C=O) groups excluding carboxylic acids is 1. The highest BCUT2D eigenvalue weighted by atomic mass is 16.7. The fourth-order valence-corrected chi connectivity index (χ4v) is 3.45. The van der Waals surface area contributed by atoms with E-state index in [9.17, 15) is 14.7 Å². The summed E-state index contributed by atoms with van der Waals surface area (Å²) >= 11 is 0. The number of aromatic hydroxyl groups is 1. The highest BCUT2D eigenvalue weighted by molar-refractivity contribution is 6.71. The monoisotopic (exact) mass is 458 g/mol. The Kier molecular flexibility index (Phi) is 6.01. The number of nitrogens with one attached hydrogen (secondary N) is 1. The van der Waals surface area contributed by atoms with Crippen molar-refractivity contribution >= 4 is 34.9 Å². The van der Waals surface area contributed by atoms with Crippen LogP contribution in [0.5, 0.6) is 11.5 Å². The molecule has 0 unspecified atom stereocenters. The van der Waals surface area contributed by atoms with Gasteiger partial charge in [0.15, 0.2) is 5.71 Å². The van der Waals surface area contributed by atoms with E-state index in [1.54, 1.807) is 37.3 Å². The van der Waals surface area contributed by atoms with E-state index in [1.807, 2.05) is 32.0 Å². The lowest BCUT2D eigenvalue weighted by Gasteiger charge is -2.13. The van der Waals surface area contributed by atoms with Crippen molar-refractivity contribution in [2.75, 3.05) is 10.4 Å². The number of para-hydroxylation sites is 1. The van der Waals surface area contributed by atoms with Gasteiger partial charge in [0.1, 0.15) is 11.5 Å². The second-order valence-electron chi connectivity index (χ2n) is 7.74. The molecule has 1 aliphatic rings. The molecule has 0 atom stereocenters. The first-order valence-electron chi connectivity index (χ1n) is 10.4. The number of ether oxygens (including phenoxy) is 1. The van der Waals surface area contributed by atoms with E-state index < -0.39 is 6.16 Å². The van der Waals surface area contributed by atoms with Gasteiger partial charge in [-0.3, -0.25) is 10.2 Å². The van der Waals surface area contributed by atoms with E-state index in [0.29, 0.717) is 28.2 Å². The summed E-state index contributed by atoms with van der Waals surface area (Å²) in [5, 5.41) is 29.3. The number of hydrazone groups is 2. The molecule has 3 N–H and O–H groups in total. The average Bonchev–Trinajstić information content (AvgIpc) is 3.08. The number of amides is 1. The third kappa shape index (κ3) is 4.44. The maximum atomic E-state index is 12.9. The number of phenols is 1. The highest BCUT2D eigenvalue weighted by Crippen LogP contribution is 2.36. The van der Waals surface area contributed by atoms with E-state index in [2.05, 4.69) is 20.4 Å². The molecule has 0 aromatic heterocycles. The van der Waals surface area contributed by atoms with Crippen LogP contribution in [0.1, 0.15) is 18.1 Å². The number of benzene rings is 3. The second-order valence-corrected chi connectivity index (χ2v) is 7.74. The normalized spacial score (nSPS) is 14.3. The van der Waals surface area contributed by atoms with Crippen molar-refractivity contribution in [1.82, 2.24) is 0 Å². The van der Waals surface area contributed by atoms with Gasteiger partial charge in [-0.15, -0.1) is 0 Å². The smallest absolute Gasteiger partial charge is 0.505 e. The van der Waals surface area contributed by atoms with Crippen LogP contribution >= 0.6 is 0 Å². The van der Waals surface area contributed by atoms with Crippen LogP contribution in [0.25, 0.3) is 11.1 Å². The molecule has 0 aliphatic carbocycles. The van der Waals surface area contributed by atoms with Crippen molar-refractivity contribution in [2.24, 2.45) is 10.2 Å². The Bertz CT molecular complexity index is 1350. The first kappa shape index (κ1) is 22.5. The Morgan fingerprint density at radius 1 is 1.03 bits per heavy atom. The fourth-order valence-electron chi connectivity index (χ4n) is 3.45. The molecule has 34 heavy (non-hydrogen) atoms. The lowest BCUT2D eigenvalue weighted by atomic mass is 10.0. The Balaban J connectivity index is 1.56. The Morgan fingerprint density at radius 2 is 1.76 bits per heavy atom. The minimum atomic E-state index is -1.41. The Hall–Kier alpha value is -4.66. The number of carbonyl (C=O) groups is 2. The average molecular weight is 458 g/mol. The zero-order valence-electron chi connectivity index (χ0n) is 18.7. The third-order valence-corrected chi connectivity index (χ3v) is 5.42. The lowest BCUT2D eigenvalue weighted by molar-refractivity contribution is -0.112. The highest BCUT2D eigenvalue weighted by Gasteiger charge is 2.31. The van der Waals surface area contributed by atoms with Crippen molar-refractivity contribution in [2.45, 2.75) is 20.8 Å². The van der Waals surface area contributed by atoms with Gasteiger partial charge in [-0.1, -0.05) is 30.3 Å². The van der Waals surface area contributed by atoms with Crippen molar-refractivity contribution in [3.8, 4) is 22.6 Å². The molecule has 1 amide bonds. The predicted molar refractivity (Wildman–Crippen MR) is 130 cm³/mol. The van der Waals surface area contributed by atoms with Crippen LogP contribution in [0.4, 0.5) is 16.2 Å². The molecule has 9 nitrogen and oxygen atoms in total. The molecule has 0 spiro atoms. The summed E-state index contributed by atoms with van der Waals surface area (Å²) in [6, 6.07) is 16.9. The third-order valence-electron chi connectivity index (χ3n) is 5.42. The summed E-state index contributed by atoms with van der Waals surface area (Å²) in [6.45, 7) is 5.65. The zero-order valence-corrected chi connectivity index (χ0v) is 18.7. The summed E-state index contributed by atoms with van der Waals surface area (Å²) in [6.07, 6.45) is -1.41. The molecular formula is C25H22N4O5. The first-order chi connectivity index (χ1) is 16.2. The van der Waals surface area contributed by atoms with Crippen LogP contribution in [0.2, 0.25) is 0 Å². The summed E-state index contributed by atoms with van der Waals surface area (Å²) in [5.41, 5.74) is 7.59. The number of anilines is 2. The standard InChI is InChI=1S/C25H22N4O5/c1-14-7-10-18(13-15(14)2)29-24(31)22(16(3)28-29)27-26-21-6-4-5-20(23(21)30)17-8-11-19(12-9-17)34-25(32)33/h4-13,26,30H,1-3H3,(H,32,33). The maximum absolute atomic E-state index is 12.9. The van der Waals surface area contributed by atoms with Gasteiger partial charge < -0.3 is 14.9 Å². The van der Waals surface area contributed by atoms with Crippen LogP contribution < -0.4 is 15.2 Å². The number of rotatable bonds is 5. The number of aryl methyl sites for hydroxylation is 2. The first-order valence-corrected chi connectivity index (χ1v) is 10.4. The number of carboxylic acid groups (broad SMARTS) is 1. The van der Waals surface area contributed by atoms with Gasteiger partial charge in [-0.2, -0.15) is 15.2 Å². The fraction of sp³-hybridized carbons (Fsp3) is 0.120. The Labute approximate surface area is 195 Å². The van der Waals surface area contributed by atoms with Gasteiger partial charge in [0.25, 0.3) is 0 Å².